The van der Waals surface area contributed by atoms with Crippen molar-refractivity contribution in [2.75, 3.05) is 6.61 Å². The quantitative estimate of drug-likeness (QED) is 0.443. The predicted octanol–water partition coefficient (Wildman–Crippen LogP) is 3.20. The first kappa shape index (κ1) is 15.4. The van der Waals surface area contributed by atoms with Gasteiger partial charge in [-0.05, 0) is 25.7 Å². The van der Waals surface area contributed by atoms with E-state index in [0.29, 0.717) is 0 Å². The standard InChI is InChI=1S/C14H26O2/c1-2-3-8-11-14(16)12-9-6-4-5-7-10-13-15/h4,6,9,12,14-16H,2-3,5,7-8,10-11,13H2,1H3/b6-4-,12-9+/t14-/m0/s1. The number of hydrogen-bond donors (Lipinski definition) is 2. The Balaban J connectivity index is 3.42. The summed E-state index contributed by atoms with van der Waals surface area (Å²) in [5, 5.41) is 18.1. The molecule has 0 amide bonds. The topological polar surface area (TPSA) is 40.5 Å². The van der Waals surface area contributed by atoms with Crippen molar-refractivity contribution in [1.29, 1.82) is 0 Å². The van der Waals surface area contributed by atoms with E-state index in [2.05, 4.69) is 13.0 Å². The Kier molecular flexibility index (Phi) is 12.0. The van der Waals surface area contributed by atoms with E-state index in [1.165, 1.54) is 12.8 Å². The number of allylic oxidation sites excluding steroid dienone is 3. The highest BCUT2D eigenvalue weighted by Crippen LogP contribution is 2.04. The molecule has 94 valence electrons. The molecule has 0 saturated heterocycles. The lowest BCUT2D eigenvalue weighted by Crippen LogP contribution is -2.00. The zero-order chi connectivity index (χ0) is 12.1. The lowest BCUT2D eigenvalue weighted by Gasteiger charge is -2.02. The maximum Gasteiger partial charge on any atom is 0.0723 e. The van der Waals surface area contributed by atoms with Gasteiger partial charge in [0.25, 0.3) is 0 Å². The van der Waals surface area contributed by atoms with Crippen LogP contribution >= 0.6 is 0 Å². The van der Waals surface area contributed by atoms with Crippen LogP contribution in [0.4, 0.5) is 0 Å². The molecule has 0 aromatic carbocycles. The summed E-state index contributed by atoms with van der Waals surface area (Å²) in [7, 11) is 0. The summed E-state index contributed by atoms with van der Waals surface area (Å²) in [5.74, 6) is 0. The van der Waals surface area contributed by atoms with Crippen LogP contribution in [-0.2, 0) is 0 Å². The highest BCUT2D eigenvalue weighted by molar-refractivity contribution is 5.04. The molecular formula is C14H26O2. The molecule has 1 atom stereocenters. The second kappa shape index (κ2) is 12.5. The SMILES string of the molecule is CCCCC[C@H](O)/C=C/C=C\CCCCO. The molecule has 0 saturated carbocycles. The van der Waals surface area contributed by atoms with Crippen molar-refractivity contribution in [2.24, 2.45) is 0 Å². The molecule has 0 radical (unpaired) electrons. The van der Waals surface area contributed by atoms with Crippen LogP contribution in [0.5, 0.6) is 0 Å². The third kappa shape index (κ3) is 11.5. The number of aliphatic hydroxyl groups excluding tert-OH is 2. The third-order valence-electron chi connectivity index (χ3n) is 2.46. The average Bonchev–Trinajstić information content (AvgIpc) is 2.28. The van der Waals surface area contributed by atoms with E-state index in [-0.39, 0.29) is 12.7 Å². The van der Waals surface area contributed by atoms with Gasteiger partial charge < -0.3 is 10.2 Å². The highest BCUT2D eigenvalue weighted by Gasteiger charge is 1.96. The molecule has 0 fully saturated rings. The Hall–Kier alpha value is -0.600. The van der Waals surface area contributed by atoms with Crippen LogP contribution in [0.2, 0.25) is 0 Å². The zero-order valence-electron chi connectivity index (χ0n) is 10.4. The lowest BCUT2D eigenvalue weighted by atomic mass is 10.1. The van der Waals surface area contributed by atoms with Gasteiger partial charge in [0.1, 0.15) is 0 Å². The van der Waals surface area contributed by atoms with Crippen molar-refractivity contribution < 1.29 is 10.2 Å². The average molecular weight is 226 g/mol. The fourth-order valence-electron chi connectivity index (χ4n) is 1.44. The Bertz CT molecular complexity index is 185. The Morgan fingerprint density at radius 3 is 2.56 bits per heavy atom. The number of rotatable bonds is 10. The monoisotopic (exact) mass is 226 g/mol. The first-order valence-electron chi connectivity index (χ1n) is 6.43. The van der Waals surface area contributed by atoms with Gasteiger partial charge in [0.2, 0.25) is 0 Å². The molecule has 0 spiro atoms. The van der Waals surface area contributed by atoms with Gasteiger partial charge in [-0.25, -0.2) is 0 Å². The fourth-order valence-corrected chi connectivity index (χ4v) is 1.44. The molecule has 2 nitrogen and oxygen atoms in total. The summed E-state index contributed by atoms with van der Waals surface area (Å²) in [6.07, 6.45) is 14.8. The van der Waals surface area contributed by atoms with Crippen molar-refractivity contribution in [1.82, 2.24) is 0 Å². The molecule has 0 aromatic heterocycles. The summed E-state index contributed by atoms with van der Waals surface area (Å²) in [6.45, 7) is 2.44. The summed E-state index contributed by atoms with van der Waals surface area (Å²) in [6, 6.07) is 0. The van der Waals surface area contributed by atoms with Gasteiger partial charge in [-0.3, -0.25) is 0 Å². The maximum atomic E-state index is 9.56. The third-order valence-corrected chi connectivity index (χ3v) is 2.46. The maximum absolute atomic E-state index is 9.56. The van der Waals surface area contributed by atoms with E-state index >= 15 is 0 Å². The smallest absolute Gasteiger partial charge is 0.0723 e. The first-order valence-corrected chi connectivity index (χ1v) is 6.43. The van der Waals surface area contributed by atoms with E-state index in [1.54, 1.807) is 0 Å². The van der Waals surface area contributed by atoms with Crippen LogP contribution in [0.3, 0.4) is 0 Å². The molecule has 0 aliphatic rings. The van der Waals surface area contributed by atoms with Crippen molar-refractivity contribution in [3.8, 4) is 0 Å². The van der Waals surface area contributed by atoms with Crippen LogP contribution in [0.1, 0.15) is 51.9 Å². The number of hydrogen-bond acceptors (Lipinski definition) is 2. The molecule has 0 rings (SSSR count). The van der Waals surface area contributed by atoms with Gasteiger partial charge in [-0.2, -0.15) is 0 Å². The Morgan fingerprint density at radius 2 is 1.88 bits per heavy atom. The van der Waals surface area contributed by atoms with Crippen molar-refractivity contribution in [3.05, 3.63) is 24.3 Å². The molecule has 0 aliphatic heterocycles. The molecular weight excluding hydrogens is 200 g/mol. The summed E-state index contributed by atoms with van der Waals surface area (Å²) in [5.41, 5.74) is 0. The molecule has 0 aromatic rings. The van der Waals surface area contributed by atoms with Gasteiger partial charge in [0.15, 0.2) is 0 Å². The van der Waals surface area contributed by atoms with Gasteiger partial charge in [0, 0.05) is 6.61 Å². The number of unbranched alkanes of at least 4 members (excludes halogenated alkanes) is 4. The fraction of sp³-hybridized carbons (Fsp3) is 0.714. The van der Waals surface area contributed by atoms with E-state index in [1.807, 2.05) is 18.2 Å². The Labute approximate surface area is 99.7 Å². The molecule has 16 heavy (non-hydrogen) atoms. The van der Waals surface area contributed by atoms with E-state index in [9.17, 15) is 5.11 Å². The Morgan fingerprint density at radius 1 is 1.06 bits per heavy atom. The van der Waals surface area contributed by atoms with E-state index in [0.717, 1.165) is 32.1 Å². The van der Waals surface area contributed by atoms with Crippen LogP contribution in [-0.4, -0.2) is 22.9 Å². The number of aliphatic hydroxyl groups is 2. The van der Waals surface area contributed by atoms with Crippen LogP contribution < -0.4 is 0 Å². The van der Waals surface area contributed by atoms with Gasteiger partial charge >= 0.3 is 0 Å². The second-order valence-corrected chi connectivity index (χ2v) is 4.10. The summed E-state index contributed by atoms with van der Waals surface area (Å²) in [4.78, 5) is 0. The largest absolute Gasteiger partial charge is 0.396 e. The highest BCUT2D eigenvalue weighted by atomic mass is 16.3. The van der Waals surface area contributed by atoms with Crippen molar-refractivity contribution in [3.63, 3.8) is 0 Å². The molecule has 2 heteroatoms. The molecule has 0 aliphatic carbocycles. The van der Waals surface area contributed by atoms with Crippen LogP contribution in [0, 0.1) is 0 Å². The lowest BCUT2D eigenvalue weighted by molar-refractivity contribution is 0.208. The summed E-state index contributed by atoms with van der Waals surface area (Å²) < 4.78 is 0. The van der Waals surface area contributed by atoms with Crippen molar-refractivity contribution in [2.45, 2.75) is 58.0 Å². The van der Waals surface area contributed by atoms with Gasteiger partial charge in [-0.1, -0.05) is 50.5 Å². The van der Waals surface area contributed by atoms with Crippen molar-refractivity contribution >= 4 is 0 Å². The molecule has 2 N–H and O–H groups in total. The minimum absolute atomic E-state index is 0.278. The molecule has 0 bridgehead atoms. The van der Waals surface area contributed by atoms with E-state index < -0.39 is 0 Å². The predicted molar refractivity (Wildman–Crippen MR) is 69.4 cm³/mol. The second-order valence-electron chi connectivity index (χ2n) is 4.10. The first-order chi connectivity index (χ1) is 7.81. The van der Waals surface area contributed by atoms with Gasteiger partial charge in [0.05, 0.1) is 6.10 Å². The molecule has 0 unspecified atom stereocenters. The molecule has 0 heterocycles. The minimum atomic E-state index is -0.298. The normalized spacial score (nSPS) is 13.9. The van der Waals surface area contributed by atoms with Crippen LogP contribution in [0.25, 0.3) is 0 Å². The minimum Gasteiger partial charge on any atom is -0.396 e. The van der Waals surface area contributed by atoms with Gasteiger partial charge in [-0.15, -0.1) is 0 Å². The van der Waals surface area contributed by atoms with E-state index in [4.69, 9.17) is 5.11 Å². The summed E-state index contributed by atoms with van der Waals surface area (Å²) >= 11 is 0. The van der Waals surface area contributed by atoms with Crippen LogP contribution in [0.15, 0.2) is 24.3 Å². The zero-order valence-corrected chi connectivity index (χ0v) is 10.4.